The quantitative estimate of drug-likeness (QED) is 0.440. The second-order valence-corrected chi connectivity index (χ2v) is 6.21. The Balaban J connectivity index is 4.56. The van der Waals surface area contributed by atoms with E-state index in [1.807, 2.05) is 13.8 Å². The van der Waals surface area contributed by atoms with E-state index in [0.29, 0.717) is 0 Å². The largest absolute Gasteiger partial charge is 0.465 e. The van der Waals surface area contributed by atoms with Crippen LogP contribution >= 0.6 is 0 Å². The number of rotatable bonds is 10. The third kappa shape index (κ3) is 7.97. The van der Waals surface area contributed by atoms with E-state index in [9.17, 15) is 13.2 Å². The molecule has 6 nitrogen and oxygen atoms in total. The van der Waals surface area contributed by atoms with Gasteiger partial charge < -0.3 is 9.47 Å². The van der Waals surface area contributed by atoms with E-state index in [4.69, 9.17) is 9.47 Å². The summed E-state index contributed by atoms with van der Waals surface area (Å²) in [5.74, 6) is -0.740. The van der Waals surface area contributed by atoms with Crippen molar-refractivity contribution in [3.8, 4) is 0 Å². The predicted molar refractivity (Wildman–Crippen MR) is 73.3 cm³/mol. The molecule has 0 fully saturated rings. The van der Waals surface area contributed by atoms with Gasteiger partial charge in [-0.1, -0.05) is 6.08 Å². The van der Waals surface area contributed by atoms with Gasteiger partial charge >= 0.3 is 5.97 Å². The lowest BCUT2D eigenvalue weighted by Gasteiger charge is -2.20. The van der Waals surface area contributed by atoms with Crippen LogP contribution in [-0.4, -0.2) is 56.9 Å². The van der Waals surface area contributed by atoms with Gasteiger partial charge in [-0.25, -0.2) is 8.42 Å². The zero-order valence-electron chi connectivity index (χ0n) is 11.8. The Labute approximate surface area is 115 Å². The molecule has 0 aliphatic carbocycles. The van der Waals surface area contributed by atoms with E-state index in [1.165, 1.54) is 6.08 Å². The van der Waals surface area contributed by atoms with Gasteiger partial charge in [-0.3, -0.25) is 4.79 Å². The monoisotopic (exact) mass is 293 g/mol. The van der Waals surface area contributed by atoms with Crippen molar-refractivity contribution in [2.75, 3.05) is 32.1 Å². The van der Waals surface area contributed by atoms with E-state index in [0.717, 1.165) is 4.31 Å². The van der Waals surface area contributed by atoms with Crippen LogP contribution in [0.2, 0.25) is 0 Å². The highest BCUT2D eigenvalue weighted by molar-refractivity contribution is 7.89. The number of sulfonamides is 1. The van der Waals surface area contributed by atoms with Gasteiger partial charge in [-0.05, 0) is 20.8 Å². The molecule has 0 aromatic heterocycles. The fraction of sp³-hybridized carbons (Fsp3) is 0.750. The minimum atomic E-state index is -3.56. The lowest BCUT2D eigenvalue weighted by atomic mass is 10.5. The molecule has 0 saturated carbocycles. The van der Waals surface area contributed by atoms with E-state index < -0.39 is 16.0 Å². The first-order chi connectivity index (χ1) is 8.83. The van der Waals surface area contributed by atoms with Gasteiger partial charge in [0.25, 0.3) is 0 Å². The Morgan fingerprint density at radius 1 is 1.42 bits per heavy atom. The van der Waals surface area contributed by atoms with Crippen molar-refractivity contribution < 1.29 is 22.7 Å². The number of ether oxygens (including phenoxy) is 2. The predicted octanol–water partition coefficient (Wildman–Crippen LogP) is 0.792. The fourth-order valence-corrected chi connectivity index (χ4v) is 2.49. The highest BCUT2D eigenvalue weighted by Gasteiger charge is 2.24. The Bertz CT molecular complexity index is 378. The molecular weight excluding hydrogens is 270 g/mol. The topological polar surface area (TPSA) is 72.9 Å². The SMILES string of the molecule is C=CCN(CC(=O)OCC)S(=O)(=O)CCOC(C)C. The molecule has 0 rings (SSSR count). The summed E-state index contributed by atoms with van der Waals surface area (Å²) >= 11 is 0. The van der Waals surface area contributed by atoms with Gasteiger partial charge in [0.1, 0.15) is 6.54 Å². The molecule has 7 heteroatoms. The Kier molecular flexibility index (Phi) is 8.62. The minimum absolute atomic E-state index is 0.0342. The van der Waals surface area contributed by atoms with Crippen LogP contribution in [0.4, 0.5) is 0 Å². The summed E-state index contributed by atoms with van der Waals surface area (Å²) in [6, 6.07) is 0. The van der Waals surface area contributed by atoms with Crippen molar-refractivity contribution in [2.24, 2.45) is 0 Å². The molecule has 0 aromatic carbocycles. The van der Waals surface area contributed by atoms with E-state index in [2.05, 4.69) is 6.58 Å². The summed E-state index contributed by atoms with van der Waals surface area (Å²) in [4.78, 5) is 11.4. The third-order valence-electron chi connectivity index (χ3n) is 2.13. The molecule has 0 N–H and O–H groups in total. The normalized spacial score (nSPS) is 11.8. The molecule has 0 aliphatic heterocycles. The zero-order valence-corrected chi connectivity index (χ0v) is 12.6. The van der Waals surface area contributed by atoms with E-state index in [1.54, 1.807) is 6.92 Å². The molecule has 0 atom stereocenters. The number of hydrogen-bond donors (Lipinski definition) is 0. The Morgan fingerprint density at radius 2 is 2.05 bits per heavy atom. The second-order valence-electron chi connectivity index (χ2n) is 4.12. The van der Waals surface area contributed by atoms with Crippen LogP contribution in [0.5, 0.6) is 0 Å². The number of nitrogens with zero attached hydrogens (tertiary/aromatic N) is 1. The van der Waals surface area contributed by atoms with Crippen LogP contribution in [-0.2, 0) is 24.3 Å². The maximum absolute atomic E-state index is 12.0. The molecule has 0 aliphatic rings. The standard InChI is InChI=1S/C12H23NO5S/c1-5-7-13(10-12(14)17-6-2)19(15,16)9-8-18-11(3)4/h5,11H,1,6-10H2,2-4H3. The second kappa shape index (κ2) is 9.06. The van der Waals surface area contributed by atoms with Gasteiger partial charge in [0, 0.05) is 6.54 Å². The summed E-state index contributed by atoms with van der Waals surface area (Å²) in [5, 5.41) is 0. The summed E-state index contributed by atoms with van der Waals surface area (Å²) in [7, 11) is -3.56. The lowest BCUT2D eigenvalue weighted by Crippen LogP contribution is -2.39. The van der Waals surface area contributed by atoms with Gasteiger partial charge in [0.05, 0.1) is 25.1 Å². The Hall–Kier alpha value is -0.920. The number of carbonyl (C=O) groups is 1. The van der Waals surface area contributed by atoms with Crippen LogP contribution in [0.15, 0.2) is 12.7 Å². The first kappa shape index (κ1) is 18.1. The van der Waals surface area contributed by atoms with Crippen molar-refractivity contribution in [3.05, 3.63) is 12.7 Å². The van der Waals surface area contributed by atoms with Crippen LogP contribution < -0.4 is 0 Å². The van der Waals surface area contributed by atoms with Crippen molar-refractivity contribution in [3.63, 3.8) is 0 Å². The summed E-state index contributed by atoms with van der Waals surface area (Å²) in [6.45, 7) is 8.89. The molecule has 19 heavy (non-hydrogen) atoms. The highest BCUT2D eigenvalue weighted by atomic mass is 32.2. The fourth-order valence-electron chi connectivity index (χ4n) is 1.29. The summed E-state index contributed by atoms with van der Waals surface area (Å²) in [6.07, 6.45) is 1.40. The van der Waals surface area contributed by atoms with Crippen molar-refractivity contribution in [1.29, 1.82) is 0 Å². The maximum Gasteiger partial charge on any atom is 0.321 e. The number of hydrogen-bond acceptors (Lipinski definition) is 5. The van der Waals surface area contributed by atoms with Gasteiger partial charge in [0.2, 0.25) is 10.0 Å². The summed E-state index contributed by atoms with van der Waals surface area (Å²) < 4.78 is 35.1. The van der Waals surface area contributed by atoms with Crippen LogP contribution in [0.1, 0.15) is 20.8 Å². The molecule has 0 aromatic rings. The first-order valence-corrected chi connectivity index (χ1v) is 7.80. The van der Waals surface area contributed by atoms with Crippen LogP contribution in [0.25, 0.3) is 0 Å². The molecule has 0 spiro atoms. The van der Waals surface area contributed by atoms with Crippen molar-refractivity contribution >= 4 is 16.0 Å². The highest BCUT2D eigenvalue weighted by Crippen LogP contribution is 2.03. The van der Waals surface area contributed by atoms with Gasteiger partial charge in [-0.2, -0.15) is 4.31 Å². The molecule has 0 saturated heterocycles. The third-order valence-corrected chi connectivity index (χ3v) is 3.88. The summed E-state index contributed by atoms with van der Waals surface area (Å²) in [5.41, 5.74) is 0. The lowest BCUT2D eigenvalue weighted by molar-refractivity contribution is -0.143. The van der Waals surface area contributed by atoms with Crippen LogP contribution in [0, 0.1) is 0 Å². The molecule has 0 amide bonds. The smallest absolute Gasteiger partial charge is 0.321 e. The Morgan fingerprint density at radius 3 is 2.53 bits per heavy atom. The van der Waals surface area contributed by atoms with Gasteiger partial charge in [0.15, 0.2) is 0 Å². The molecule has 0 bridgehead atoms. The zero-order chi connectivity index (χ0) is 14.9. The molecule has 0 heterocycles. The van der Waals surface area contributed by atoms with Crippen LogP contribution in [0.3, 0.4) is 0 Å². The average molecular weight is 293 g/mol. The van der Waals surface area contributed by atoms with Crippen molar-refractivity contribution in [1.82, 2.24) is 4.31 Å². The first-order valence-electron chi connectivity index (χ1n) is 6.19. The van der Waals surface area contributed by atoms with Crippen molar-refractivity contribution in [2.45, 2.75) is 26.9 Å². The molecule has 0 unspecified atom stereocenters. The average Bonchev–Trinajstić information content (AvgIpc) is 2.28. The molecule has 0 radical (unpaired) electrons. The minimum Gasteiger partial charge on any atom is -0.465 e. The van der Waals surface area contributed by atoms with E-state index >= 15 is 0 Å². The number of carbonyl (C=O) groups excluding carboxylic acids is 1. The van der Waals surface area contributed by atoms with E-state index in [-0.39, 0.29) is 38.2 Å². The molecule has 112 valence electrons. The molecular formula is C12H23NO5S. The van der Waals surface area contributed by atoms with Gasteiger partial charge in [-0.15, -0.1) is 6.58 Å². The maximum atomic E-state index is 12.0. The number of esters is 1.